The van der Waals surface area contributed by atoms with Gasteiger partial charge < -0.3 is 15.4 Å². The van der Waals surface area contributed by atoms with Gasteiger partial charge in [0.2, 0.25) is 0 Å². The van der Waals surface area contributed by atoms with Gasteiger partial charge in [0, 0.05) is 30.4 Å². The predicted molar refractivity (Wildman–Crippen MR) is 80.4 cm³/mol. The number of hydrogen-bond donors (Lipinski definition) is 2. The van der Waals surface area contributed by atoms with Crippen LogP contribution in [0.25, 0.3) is 0 Å². The van der Waals surface area contributed by atoms with E-state index in [2.05, 4.69) is 15.7 Å². The fourth-order valence-electron chi connectivity index (χ4n) is 1.70. The highest BCUT2D eigenvalue weighted by Gasteiger charge is 2.01. The molecule has 0 radical (unpaired) electrons. The van der Waals surface area contributed by atoms with E-state index in [1.54, 1.807) is 23.0 Å². The summed E-state index contributed by atoms with van der Waals surface area (Å²) in [4.78, 5) is 11.6. The second-order valence-corrected chi connectivity index (χ2v) is 4.87. The van der Waals surface area contributed by atoms with E-state index < -0.39 is 0 Å². The first-order chi connectivity index (χ1) is 10.1. The monoisotopic (exact) mass is 308 g/mol. The molecule has 7 heteroatoms. The number of carbonyl (C=O) groups excluding carboxylic acids is 1. The normalized spacial score (nSPS) is 10.2. The Bertz CT molecular complexity index is 600. The van der Waals surface area contributed by atoms with Crippen molar-refractivity contribution in [1.29, 1.82) is 0 Å². The maximum Gasteiger partial charge on any atom is 0.315 e. The zero-order valence-electron chi connectivity index (χ0n) is 11.7. The molecule has 2 N–H and O–H groups in total. The Morgan fingerprint density at radius 3 is 3.00 bits per heavy atom. The lowest BCUT2D eigenvalue weighted by atomic mass is 10.3. The predicted octanol–water partition coefficient (Wildman–Crippen LogP) is 1.95. The summed E-state index contributed by atoms with van der Waals surface area (Å²) in [6, 6.07) is 6.89. The average molecular weight is 309 g/mol. The Labute approximate surface area is 128 Å². The average Bonchev–Trinajstić information content (AvgIpc) is 2.87. The first-order valence-electron chi connectivity index (χ1n) is 6.51. The molecule has 0 aliphatic heterocycles. The van der Waals surface area contributed by atoms with E-state index in [0.717, 1.165) is 5.56 Å². The highest BCUT2D eigenvalue weighted by Crippen LogP contribution is 2.16. The van der Waals surface area contributed by atoms with Crippen molar-refractivity contribution in [2.45, 2.75) is 6.54 Å². The number of aryl methyl sites for hydroxylation is 1. The summed E-state index contributed by atoms with van der Waals surface area (Å²) in [5.41, 5.74) is 0.947. The Morgan fingerprint density at radius 2 is 2.29 bits per heavy atom. The molecule has 0 bridgehead atoms. The van der Waals surface area contributed by atoms with Gasteiger partial charge in [0.25, 0.3) is 0 Å². The summed E-state index contributed by atoms with van der Waals surface area (Å²) in [6.07, 6.45) is 3.56. The third-order valence-electron chi connectivity index (χ3n) is 2.66. The molecule has 0 fully saturated rings. The number of rotatable bonds is 6. The summed E-state index contributed by atoms with van der Waals surface area (Å²) < 4.78 is 7.15. The molecular weight excluding hydrogens is 292 g/mol. The Hall–Kier alpha value is -2.21. The van der Waals surface area contributed by atoms with Crippen molar-refractivity contribution >= 4 is 17.6 Å². The number of amides is 2. The molecule has 0 aliphatic rings. The van der Waals surface area contributed by atoms with Crippen LogP contribution >= 0.6 is 11.6 Å². The standard InChI is InChI=1S/C14H17ClN4O2/c1-19-10-11(9-18-19)8-17-14(20)16-5-6-21-13-4-2-3-12(15)7-13/h2-4,7,9-10H,5-6,8H2,1H3,(H2,16,17,20). The molecule has 1 aromatic carbocycles. The van der Waals surface area contributed by atoms with Crippen LogP contribution in [-0.2, 0) is 13.6 Å². The number of urea groups is 1. The Balaban J connectivity index is 1.61. The van der Waals surface area contributed by atoms with Gasteiger partial charge in [-0.25, -0.2) is 4.79 Å². The van der Waals surface area contributed by atoms with Crippen LogP contribution in [0.4, 0.5) is 4.79 Å². The molecule has 2 aromatic rings. The fourth-order valence-corrected chi connectivity index (χ4v) is 1.88. The van der Waals surface area contributed by atoms with Gasteiger partial charge in [-0.15, -0.1) is 0 Å². The lowest BCUT2D eigenvalue weighted by Crippen LogP contribution is -2.37. The topological polar surface area (TPSA) is 68.2 Å². The summed E-state index contributed by atoms with van der Waals surface area (Å²) in [5.74, 6) is 0.681. The van der Waals surface area contributed by atoms with Crippen molar-refractivity contribution < 1.29 is 9.53 Å². The van der Waals surface area contributed by atoms with E-state index >= 15 is 0 Å². The smallest absolute Gasteiger partial charge is 0.315 e. The fraction of sp³-hybridized carbons (Fsp3) is 0.286. The Morgan fingerprint density at radius 1 is 1.43 bits per heavy atom. The molecule has 0 atom stereocenters. The maximum atomic E-state index is 11.6. The minimum atomic E-state index is -0.242. The summed E-state index contributed by atoms with van der Waals surface area (Å²) in [6.45, 7) is 1.22. The van der Waals surface area contributed by atoms with Crippen molar-refractivity contribution in [2.75, 3.05) is 13.2 Å². The van der Waals surface area contributed by atoms with E-state index in [9.17, 15) is 4.79 Å². The van der Waals surface area contributed by atoms with E-state index in [4.69, 9.17) is 16.3 Å². The van der Waals surface area contributed by atoms with Crippen LogP contribution in [0, 0.1) is 0 Å². The van der Waals surface area contributed by atoms with Crippen molar-refractivity contribution in [1.82, 2.24) is 20.4 Å². The summed E-state index contributed by atoms with van der Waals surface area (Å²) in [5, 5.41) is 10.1. The lowest BCUT2D eigenvalue weighted by Gasteiger charge is -2.08. The van der Waals surface area contributed by atoms with Crippen LogP contribution in [0.2, 0.25) is 5.02 Å². The quantitative estimate of drug-likeness (QED) is 0.802. The minimum absolute atomic E-state index is 0.242. The second kappa shape index (κ2) is 7.54. The van der Waals surface area contributed by atoms with Crippen LogP contribution in [0.1, 0.15) is 5.56 Å². The summed E-state index contributed by atoms with van der Waals surface area (Å²) in [7, 11) is 1.83. The van der Waals surface area contributed by atoms with Crippen molar-refractivity contribution in [3.8, 4) is 5.75 Å². The number of benzene rings is 1. The van der Waals surface area contributed by atoms with E-state index in [1.165, 1.54) is 0 Å². The number of aromatic nitrogens is 2. The number of hydrogen-bond acceptors (Lipinski definition) is 3. The van der Waals surface area contributed by atoms with Gasteiger partial charge in [-0.3, -0.25) is 4.68 Å². The first-order valence-corrected chi connectivity index (χ1v) is 6.89. The van der Waals surface area contributed by atoms with Crippen LogP contribution in [0.5, 0.6) is 5.75 Å². The van der Waals surface area contributed by atoms with Gasteiger partial charge in [-0.1, -0.05) is 17.7 Å². The van der Waals surface area contributed by atoms with Crippen molar-refractivity contribution in [3.05, 3.63) is 47.2 Å². The molecule has 112 valence electrons. The van der Waals surface area contributed by atoms with Crippen LogP contribution in [-0.4, -0.2) is 29.0 Å². The molecule has 0 spiro atoms. The third-order valence-corrected chi connectivity index (χ3v) is 2.90. The highest BCUT2D eigenvalue weighted by molar-refractivity contribution is 6.30. The van der Waals surface area contributed by atoms with Crippen LogP contribution < -0.4 is 15.4 Å². The van der Waals surface area contributed by atoms with Gasteiger partial charge in [0.05, 0.1) is 12.7 Å². The molecule has 1 aromatic heterocycles. The molecular formula is C14H17ClN4O2. The van der Waals surface area contributed by atoms with E-state index in [0.29, 0.717) is 30.5 Å². The van der Waals surface area contributed by atoms with Crippen LogP contribution in [0.15, 0.2) is 36.7 Å². The van der Waals surface area contributed by atoms with Crippen molar-refractivity contribution in [3.63, 3.8) is 0 Å². The number of ether oxygens (including phenoxy) is 1. The first kappa shape index (κ1) is 15.2. The molecule has 0 aliphatic carbocycles. The molecule has 2 rings (SSSR count). The number of nitrogens with one attached hydrogen (secondary N) is 2. The zero-order chi connectivity index (χ0) is 15.1. The molecule has 1 heterocycles. The van der Waals surface area contributed by atoms with Gasteiger partial charge in [0.15, 0.2) is 0 Å². The molecule has 0 saturated heterocycles. The van der Waals surface area contributed by atoms with Gasteiger partial charge >= 0.3 is 6.03 Å². The largest absolute Gasteiger partial charge is 0.492 e. The SMILES string of the molecule is Cn1cc(CNC(=O)NCCOc2cccc(Cl)c2)cn1. The van der Waals surface area contributed by atoms with Gasteiger partial charge in [-0.05, 0) is 18.2 Å². The van der Waals surface area contributed by atoms with E-state index in [1.807, 2.05) is 25.4 Å². The van der Waals surface area contributed by atoms with E-state index in [-0.39, 0.29) is 6.03 Å². The molecule has 21 heavy (non-hydrogen) atoms. The molecule has 6 nitrogen and oxygen atoms in total. The van der Waals surface area contributed by atoms with Crippen molar-refractivity contribution in [2.24, 2.45) is 7.05 Å². The number of carbonyl (C=O) groups is 1. The minimum Gasteiger partial charge on any atom is -0.492 e. The highest BCUT2D eigenvalue weighted by atomic mass is 35.5. The molecule has 0 saturated carbocycles. The summed E-state index contributed by atoms with van der Waals surface area (Å²) >= 11 is 5.84. The third kappa shape index (κ3) is 5.35. The van der Waals surface area contributed by atoms with Crippen LogP contribution in [0.3, 0.4) is 0 Å². The number of nitrogens with zero attached hydrogens (tertiary/aromatic N) is 2. The Kier molecular flexibility index (Phi) is 5.45. The number of halogens is 1. The second-order valence-electron chi connectivity index (χ2n) is 4.44. The zero-order valence-corrected chi connectivity index (χ0v) is 12.4. The lowest BCUT2D eigenvalue weighted by molar-refractivity contribution is 0.236. The molecule has 0 unspecified atom stereocenters. The van der Waals surface area contributed by atoms with Gasteiger partial charge in [-0.2, -0.15) is 5.10 Å². The molecule has 2 amide bonds. The van der Waals surface area contributed by atoms with Gasteiger partial charge in [0.1, 0.15) is 12.4 Å². The maximum absolute atomic E-state index is 11.6.